The molecule has 3 aromatic carbocycles. The van der Waals surface area contributed by atoms with Gasteiger partial charge in [0, 0.05) is 19.5 Å². The number of carbonyl (C=O) groups is 2. The number of methoxy groups -OCH3 is 1. The fourth-order valence-corrected chi connectivity index (χ4v) is 3.69. The lowest BCUT2D eigenvalue weighted by Crippen LogP contribution is -2.52. The first-order valence-electron chi connectivity index (χ1n) is 11.9. The molecule has 0 fully saturated rings. The molecule has 1 N–H and O–H groups in total. The van der Waals surface area contributed by atoms with Crippen molar-refractivity contribution < 1.29 is 19.1 Å². The Kier molecular flexibility index (Phi) is 9.72. The van der Waals surface area contributed by atoms with Gasteiger partial charge < -0.3 is 19.7 Å². The highest BCUT2D eigenvalue weighted by Gasteiger charge is 2.30. The van der Waals surface area contributed by atoms with Gasteiger partial charge in [0.25, 0.3) is 5.91 Å². The van der Waals surface area contributed by atoms with E-state index in [1.54, 1.807) is 24.1 Å². The number of nitrogens with one attached hydrogen (secondary N) is 1. The summed E-state index contributed by atoms with van der Waals surface area (Å²) in [6, 6.07) is 25.8. The standard InChI is InChI=1S/C29H34N2O4/c1-22(2)19-30-29(33)27(18-23-11-6-4-7-12-23)31(20-24-13-10-16-26(17-24)34-3)28(32)21-35-25-14-8-5-9-15-25/h4-17,22,27H,18-21H2,1-3H3,(H,30,33)/t27-/m1/s1. The Morgan fingerprint density at radius 1 is 0.857 bits per heavy atom. The molecule has 0 spiro atoms. The fourth-order valence-electron chi connectivity index (χ4n) is 3.69. The van der Waals surface area contributed by atoms with Gasteiger partial charge in [0.1, 0.15) is 17.5 Å². The summed E-state index contributed by atoms with van der Waals surface area (Å²) < 4.78 is 11.1. The van der Waals surface area contributed by atoms with Gasteiger partial charge in [0.15, 0.2) is 6.61 Å². The van der Waals surface area contributed by atoms with Crippen molar-refractivity contribution in [1.29, 1.82) is 0 Å². The van der Waals surface area contributed by atoms with E-state index in [-0.39, 0.29) is 25.0 Å². The second kappa shape index (κ2) is 13.2. The van der Waals surface area contributed by atoms with Crippen LogP contribution in [-0.4, -0.2) is 43.0 Å². The van der Waals surface area contributed by atoms with Crippen LogP contribution in [-0.2, 0) is 22.6 Å². The van der Waals surface area contributed by atoms with E-state index >= 15 is 0 Å². The van der Waals surface area contributed by atoms with Gasteiger partial charge >= 0.3 is 0 Å². The molecule has 0 unspecified atom stereocenters. The monoisotopic (exact) mass is 474 g/mol. The summed E-state index contributed by atoms with van der Waals surface area (Å²) in [5.74, 6) is 1.14. The summed E-state index contributed by atoms with van der Waals surface area (Å²) >= 11 is 0. The lowest BCUT2D eigenvalue weighted by molar-refractivity contribution is -0.142. The lowest BCUT2D eigenvalue weighted by atomic mass is 10.0. The number of amides is 2. The Labute approximate surface area is 207 Å². The molecular formula is C29H34N2O4. The second-order valence-electron chi connectivity index (χ2n) is 8.82. The van der Waals surface area contributed by atoms with Crippen LogP contribution in [0.25, 0.3) is 0 Å². The summed E-state index contributed by atoms with van der Waals surface area (Å²) in [7, 11) is 1.60. The number of rotatable bonds is 12. The summed E-state index contributed by atoms with van der Waals surface area (Å²) in [4.78, 5) is 28.6. The first-order chi connectivity index (χ1) is 17.0. The minimum Gasteiger partial charge on any atom is -0.497 e. The van der Waals surface area contributed by atoms with Gasteiger partial charge in [-0.05, 0) is 41.3 Å². The third kappa shape index (κ3) is 8.18. The first kappa shape index (κ1) is 25.8. The van der Waals surface area contributed by atoms with Crippen molar-refractivity contribution in [2.24, 2.45) is 5.92 Å². The Bertz CT molecular complexity index is 1070. The maximum Gasteiger partial charge on any atom is 0.261 e. The Morgan fingerprint density at radius 3 is 2.14 bits per heavy atom. The maximum atomic E-state index is 13.5. The molecule has 3 aromatic rings. The SMILES string of the molecule is COc1cccc(CN(C(=O)COc2ccccc2)[C@H](Cc2ccccc2)C(=O)NCC(C)C)c1. The molecule has 0 heterocycles. The third-order valence-electron chi connectivity index (χ3n) is 5.55. The normalized spacial score (nSPS) is 11.5. The minimum atomic E-state index is -0.700. The average Bonchev–Trinajstić information content (AvgIpc) is 2.89. The van der Waals surface area contributed by atoms with Gasteiger partial charge in [0.05, 0.1) is 7.11 Å². The van der Waals surface area contributed by atoms with E-state index in [0.29, 0.717) is 30.4 Å². The van der Waals surface area contributed by atoms with Crippen molar-refractivity contribution >= 4 is 11.8 Å². The number of hydrogen-bond acceptors (Lipinski definition) is 4. The first-order valence-corrected chi connectivity index (χ1v) is 11.9. The van der Waals surface area contributed by atoms with Gasteiger partial charge in [-0.1, -0.05) is 74.5 Å². The van der Waals surface area contributed by atoms with Crippen LogP contribution in [0.2, 0.25) is 0 Å². The topological polar surface area (TPSA) is 67.9 Å². The fraction of sp³-hybridized carbons (Fsp3) is 0.310. The number of ether oxygens (including phenoxy) is 2. The highest BCUT2D eigenvalue weighted by molar-refractivity contribution is 5.88. The quantitative estimate of drug-likeness (QED) is 0.420. The molecule has 3 rings (SSSR count). The van der Waals surface area contributed by atoms with Crippen molar-refractivity contribution in [2.45, 2.75) is 32.9 Å². The number of para-hydroxylation sites is 1. The van der Waals surface area contributed by atoms with Crippen molar-refractivity contribution in [3.8, 4) is 11.5 Å². The highest BCUT2D eigenvalue weighted by atomic mass is 16.5. The molecule has 0 bridgehead atoms. The maximum absolute atomic E-state index is 13.5. The Hall–Kier alpha value is -3.80. The summed E-state index contributed by atoms with van der Waals surface area (Å²) in [5, 5.41) is 3.02. The molecule has 0 aliphatic carbocycles. The van der Waals surface area contributed by atoms with Crippen molar-refractivity contribution in [2.75, 3.05) is 20.3 Å². The van der Waals surface area contributed by atoms with Gasteiger partial charge in [0.2, 0.25) is 5.91 Å². The van der Waals surface area contributed by atoms with E-state index in [4.69, 9.17) is 9.47 Å². The summed E-state index contributed by atoms with van der Waals surface area (Å²) in [6.07, 6.45) is 0.395. The van der Waals surface area contributed by atoms with E-state index in [0.717, 1.165) is 11.1 Å². The van der Waals surface area contributed by atoms with Crippen LogP contribution in [0.3, 0.4) is 0 Å². The zero-order valence-corrected chi connectivity index (χ0v) is 20.6. The molecule has 0 aliphatic rings. The highest BCUT2D eigenvalue weighted by Crippen LogP contribution is 2.19. The second-order valence-corrected chi connectivity index (χ2v) is 8.82. The van der Waals surface area contributed by atoms with E-state index in [1.807, 2.05) is 86.6 Å². The molecule has 2 amide bonds. The van der Waals surface area contributed by atoms with Crippen LogP contribution in [0.5, 0.6) is 11.5 Å². The lowest BCUT2D eigenvalue weighted by Gasteiger charge is -2.31. The predicted molar refractivity (Wildman–Crippen MR) is 137 cm³/mol. The van der Waals surface area contributed by atoms with Crippen molar-refractivity contribution in [3.63, 3.8) is 0 Å². The number of nitrogens with zero attached hydrogens (tertiary/aromatic N) is 1. The molecule has 0 saturated carbocycles. The number of carbonyl (C=O) groups excluding carboxylic acids is 2. The molecule has 1 atom stereocenters. The van der Waals surface area contributed by atoms with Crippen LogP contribution in [0, 0.1) is 5.92 Å². The van der Waals surface area contributed by atoms with Crippen LogP contribution in [0.15, 0.2) is 84.9 Å². The van der Waals surface area contributed by atoms with Gasteiger partial charge in [-0.15, -0.1) is 0 Å². The van der Waals surface area contributed by atoms with E-state index < -0.39 is 6.04 Å². The molecule has 35 heavy (non-hydrogen) atoms. The summed E-state index contributed by atoms with van der Waals surface area (Å²) in [5.41, 5.74) is 1.84. The van der Waals surface area contributed by atoms with Crippen LogP contribution in [0.1, 0.15) is 25.0 Å². The van der Waals surface area contributed by atoms with Crippen molar-refractivity contribution in [3.05, 3.63) is 96.1 Å². The molecule has 0 aromatic heterocycles. The molecule has 0 aliphatic heterocycles. The van der Waals surface area contributed by atoms with Gasteiger partial charge in [-0.2, -0.15) is 0 Å². The Balaban J connectivity index is 1.90. The number of hydrogen-bond donors (Lipinski definition) is 1. The smallest absolute Gasteiger partial charge is 0.261 e. The minimum absolute atomic E-state index is 0.170. The predicted octanol–water partition coefficient (Wildman–Crippen LogP) is 4.49. The molecule has 6 heteroatoms. The molecular weight excluding hydrogens is 440 g/mol. The molecule has 0 saturated heterocycles. The third-order valence-corrected chi connectivity index (χ3v) is 5.55. The van der Waals surface area contributed by atoms with Crippen molar-refractivity contribution in [1.82, 2.24) is 10.2 Å². The molecule has 6 nitrogen and oxygen atoms in total. The van der Waals surface area contributed by atoms with E-state index in [9.17, 15) is 9.59 Å². The summed E-state index contributed by atoms with van der Waals surface area (Å²) in [6.45, 7) is 4.70. The zero-order chi connectivity index (χ0) is 25.0. The Morgan fingerprint density at radius 2 is 1.49 bits per heavy atom. The van der Waals surface area contributed by atoms with E-state index in [1.165, 1.54) is 0 Å². The van der Waals surface area contributed by atoms with Gasteiger partial charge in [-0.25, -0.2) is 0 Å². The van der Waals surface area contributed by atoms with Crippen LogP contribution in [0.4, 0.5) is 0 Å². The molecule has 0 radical (unpaired) electrons. The zero-order valence-electron chi connectivity index (χ0n) is 20.6. The van der Waals surface area contributed by atoms with Crippen LogP contribution >= 0.6 is 0 Å². The number of benzene rings is 3. The van der Waals surface area contributed by atoms with Gasteiger partial charge in [-0.3, -0.25) is 9.59 Å². The average molecular weight is 475 g/mol. The largest absolute Gasteiger partial charge is 0.497 e. The van der Waals surface area contributed by atoms with Crippen LogP contribution < -0.4 is 14.8 Å². The molecule has 184 valence electrons. The van der Waals surface area contributed by atoms with E-state index in [2.05, 4.69) is 5.32 Å².